The van der Waals surface area contributed by atoms with Crippen LogP contribution in [0.2, 0.25) is 0 Å². The molecule has 0 unspecified atom stereocenters. The molecule has 0 bridgehead atoms. The molecule has 0 aliphatic rings. The summed E-state index contributed by atoms with van der Waals surface area (Å²) < 4.78 is 4.06. The molecular weight excluding hydrogens is 266 g/mol. The highest BCUT2D eigenvalue weighted by Crippen LogP contribution is 2.04. The van der Waals surface area contributed by atoms with E-state index in [1.165, 1.54) is 0 Å². The molecule has 0 radical (unpaired) electrons. The van der Waals surface area contributed by atoms with Crippen LogP contribution in [-0.4, -0.2) is 25.0 Å². The van der Waals surface area contributed by atoms with Gasteiger partial charge in [-0.2, -0.15) is 0 Å². The van der Waals surface area contributed by atoms with Crippen LogP contribution in [0.3, 0.4) is 0 Å². The summed E-state index contributed by atoms with van der Waals surface area (Å²) in [7, 11) is 0. The fourth-order valence-electron chi connectivity index (χ4n) is 2.19. The Hall–Kier alpha value is -2.11. The third kappa shape index (κ3) is 4.44. The summed E-state index contributed by atoms with van der Waals surface area (Å²) in [5.74, 6) is 1.52. The molecule has 6 heteroatoms. The molecule has 1 amide bonds. The largest absolute Gasteiger partial charge is 0.350 e. The highest BCUT2D eigenvalue weighted by atomic mass is 16.1. The van der Waals surface area contributed by atoms with Crippen LogP contribution >= 0.6 is 0 Å². The first-order chi connectivity index (χ1) is 10.1. The molecule has 2 aromatic rings. The Morgan fingerprint density at radius 1 is 1.38 bits per heavy atom. The van der Waals surface area contributed by atoms with Crippen LogP contribution in [0.4, 0.5) is 0 Å². The number of imidazole rings is 2. The van der Waals surface area contributed by atoms with Gasteiger partial charge in [0.1, 0.15) is 5.82 Å². The molecule has 0 saturated heterocycles. The van der Waals surface area contributed by atoms with Crippen LogP contribution in [0.5, 0.6) is 0 Å². The van der Waals surface area contributed by atoms with Crippen molar-refractivity contribution in [1.29, 1.82) is 0 Å². The smallest absolute Gasteiger partial charge is 0.222 e. The first kappa shape index (κ1) is 15.3. The number of hydrogen-bond acceptors (Lipinski definition) is 3. The molecular formula is C15H23N5O. The van der Waals surface area contributed by atoms with Crippen LogP contribution in [0.1, 0.15) is 31.8 Å². The Kier molecular flexibility index (Phi) is 5.14. The Balaban J connectivity index is 1.79. The fourth-order valence-corrected chi connectivity index (χ4v) is 2.19. The minimum Gasteiger partial charge on any atom is -0.350 e. The number of aromatic nitrogens is 4. The Morgan fingerprint density at radius 2 is 2.19 bits per heavy atom. The van der Waals surface area contributed by atoms with E-state index in [2.05, 4.69) is 33.7 Å². The van der Waals surface area contributed by atoms with E-state index in [0.717, 1.165) is 18.1 Å². The SMILES string of the molecule is Cc1nccn1CCC(=O)NCc1cncn1CC(C)C. The molecule has 2 heterocycles. The quantitative estimate of drug-likeness (QED) is 0.844. The zero-order chi connectivity index (χ0) is 15.2. The first-order valence-corrected chi connectivity index (χ1v) is 7.29. The molecule has 114 valence electrons. The van der Waals surface area contributed by atoms with E-state index >= 15 is 0 Å². The second kappa shape index (κ2) is 7.06. The maximum absolute atomic E-state index is 11.9. The third-order valence-electron chi connectivity index (χ3n) is 3.33. The topological polar surface area (TPSA) is 64.7 Å². The summed E-state index contributed by atoms with van der Waals surface area (Å²) in [6.45, 7) is 8.35. The van der Waals surface area contributed by atoms with Crippen LogP contribution in [-0.2, 0) is 24.4 Å². The number of carbonyl (C=O) groups is 1. The van der Waals surface area contributed by atoms with E-state index in [1.54, 1.807) is 6.20 Å². The van der Waals surface area contributed by atoms with Crippen LogP contribution in [0.25, 0.3) is 0 Å². The predicted octanol–water partition coefficient (Wildman–Crippen LogP) is 1.75. The number of nitrogens with zero attached hydrogens (tertiary/aromatic N) is 4. The number of rotatable bonds is 7. The molecule has 6 nitrogen and oxygen atoms in total. The van der Waals surface area contributed by atoms with Crippen molar-refractivity contribution in [2.75, 3.05) is 0 Å². The third-order valence-corrected chi connectivity index (χ3v) is 3.33. The minimum atomic E-state index is 0.0420. The lowest BCUT2D eigenvalue weighted by molar-refractivity contribution is -0.121. The van der Waals surface area contributed by atoms with E-state index in [9.17, 15) is 4.79 Å². The summed E-state index contributed by atoms with van der Waals surface area (Å²) in [4.78, 5) is 20.2. The van der Waals surface area contributed by atoms with Crippen LogP contribution in [0, 0.1) is 12.8 Å². The molecule has 0 saturated carbocycles. The average molecular weight is 289 g/mol. The molecule has 2 rings (SSSR count). The number of nitrogens with one attached hydrogen (secondary N) is 1. The monoisotopic (exact) mass is 289 g/mol. The molecule has 21 heavy (non-hydrogen) atoms. The predicted molar refractivity (Wildman–Crippen MR) is 80.5 cm³/mol. The molecule has 1 N–H and O–H groups in total. The molecule has 0 aromatic carbocycles. The average Bonchev–Trinajstić information content (AvgIpc) is 3.02. The maximum Gasteiger partial charge on any atom is 0.222 e. The first-order valence-electron chi connectivity index (χ1n) is 7.29. The van der Waals surface area contributed by atoms with E-state index < -0.39 is 0 Å². The fraction of sp³-hybridized carbons (Fsp3) is 0.533. The Morgan fingerprint density at radius 3 is 2.86 bits per heavy atom. The summed E-state index contributed by atoms with van der Waals surface area (Å²) in [6, 6.07) is 0. The van der Waals surface area contributed by atoms with E-state index in [-0.39, 0.29) is 5.91 Å². The van der Waals surface area contributed by atoms with Gasteiger partial charge in [-0.3, -0.25) is 4.79 Å². The summed E-state index contributed by atoms with van der Waals surface area (Å²) in [5, 5.41) is 2.95. The van der Waals surface area contributed by atoms with Crippen molar-refractivity contribution in [3.63, 3.8) is 0 Å². The second-order valence-corrected chi connectivity index (χ2v) is 5.63. The molecule has 0 fully saturated rings. The van der Waals surface area contributed by atoms with Gasteiger partial charge in [0.25, 0.3) is 0 Å². The molecule has 0 atom stereocenters. The minimum absolute atomic E-state index is 0.0420. The van der Waals surface area contributed by atoms with Gasteiger partial charge in [-0.25, -0.2) is 9.97 Å². The van der Waals surface area contributed by atoms with E-state index in [0.29, 0.717) is 25.4 Å². The van der Waals surface area contributed by atoms with Crippen LogP contribution < -0.4 is 5.32 Å². The van der Waals surface area contributed by atoms with Gasteiger partial charge in [-0.05, 0) is 12.8 Å². The molecule has 0 aliphatic carbocycles. The molecule has 2 aromatic heterocycles. The number of aryl methyl sites for hydroxylation is 2. The van der Waals surface area contributed by atoms with Crippen molar-refractivity contribution in [1.82, 2.24) is 24.4 Å². The van der Waals surface area contributed by atoms with Crippen molar-refractivity contribution < 1.29 is 4.79 Å². The lowest BCUT2D eigenvalue weighted by Gasteiger charge is -2.11. The van der Waals surface area contributed by atoms with Gasteiger partial charge in [0, 0.05) is 38.1 Å². The standard InChI is InChI=1S/C15H23N5O/c1-12(2)10-20-11-16-8-14(20)9-18-15(21)4-6-19-7-5-17-13(19)3/h5,7-8,11-12H,4,6,9-10H2,1-3H3,(H,18,21). The van der Waals surface area contributed by atoms with Gasteiger partial charge in [-0.15, -0.1) is 0 Å². The van der Waals surface area contributed by atoms with E-state index in [4.69, 9.17) is 0 Å². The zero-order valence-electron chi connectivity index (χ0n) is 12.9. The number of carbonyl (C=O) groups excluding carboxylic acids is 1. The van der Waals surface area contributed by atoms with Gasteiger partial charge < -0.3 is 14.5 Å². The van der Waals surface area contributed by atoms with Gasteiger partial charge in [0.05, 0.1) is 18.6 Å². The lowest BCUT2D eigenvalue weighted by atomic mass is 10.2. The number of amides is 1. The van der Waals surface area contributed by atoms with Gasteiger partial charge >= 0.3 is 0 Å². The lowest BCUT2D eigenvalue weighted by Crippen LogP contribution is -2.25. The van der Waals surface area contributed by atoms with E-state index in [1.807, 2.05) is 30.2 Å². The highest BCUT2D eigenvalue weighted by Gasteiger charge is 2.07. The van der Waals surface area contributed by atoms with Gasteiger partial charge in [0.15, 0.2) is 0 Å². The van der Waals surface area contributed by atoms with Crippen LogP contribution in [0.15, 0.2) is 24.9 Å². The zero-order valence-corrected chi connectivity index (χ0v) is 12.9. The Labute approximate surface area is 125 Å². The van der Waals surface area contributed by atoms with Crippen molar-refractivity contribution in [2.24, 2.45) is 5.92 Å². The summed E-state index contributed by atoms with van der Waals surface area (Å²) in [5.41, 5.74) is 1.04. The second-order valence-electron chi connectivity index (χ2n) is 5.63. The maximum atomic E-state index is 11.9. The highest BCUT2D eigenvalue weighted by molar-refractivity contribution is 5.75. The summed E-state index contributed by atoms with van der Waals surface area (Å²) >= 11 is 0. The summed E-state index contributed by atoms with van der Waals surface area (Å²) in [6.07, 6.45) is 7.71. The van der Waals surface area contributed by atoms with Gasteiger partial charge in [-0.1, -0.05) is 13.8 Å². The number of hydrogen-bond donors (Lipinski definition) is 1. The van der Waals surface area contributed by atoms with Crippen molar-refractivity contribution >= 4 is 5.91 Å². The van der Waals surface area contributed by atoms with Crippen molar-refractivity contribution in [2.45, 2.75) is 46.8 Å². The molecule has 0 aliphatic heterocycles. The Bertz CT molecular complexity index is 584. The van der Waals surface area contributed by atoms with Crippen molar-refractivity contribution in [3.8, 4) is 0 Å². The molecule has 0 spiro atoms. The van der Waals surface area contributed by atoms with Crippen molar-refractivity contribution in [3.05, 3.63) is 36.4 Å². The normalized spacial score (nSPS) is 11.0. The van der Waals surface area contributed by atoms with Gasteiger partial charge in [0.2, 0.25) is 5.91 Å².